The Labute approximate surface area is 145 Å². The number of piperidine rings is 1. The van der Waals surface area contributed by atoms with Crippen molar-refractivity contribution in [3.63, 3.8) is 0 Å². The number of alkyl halides is 3. The molecule has 136 valence electrons. The van der Waals surface area contributed by atoms with Gasteiger partial charge in [0.05, 0.1) is 0 Å². The van der Waals surface area contributed by atoms with Gasteiger partial charge in [0.2, 0.25) is 5.91 Å². The molecule has 1 saturated heterocycles. The lowest BCUT2D eigenvalue weighted by molar-refractivity contribution is -0.153. The molecule has 0 spiro atoms. The summed E-state index contributed by atoms with van der Waals surface area (Å²) in [7, 11) is 0. The highest BCUT2D eigenvalue weighted by Gasteiger charge is 2.28. The van der Waals surface area contributed by atoms with Crippen LogP contribution in [0.3, 0.4) is 0 Å². The molecule has 0 radical (unpaired) electrons. The Morgan fingerprint density at radius 1 is 1.42 bits per heavy atom. The predicted molar refractivity (Wildman–Crippen MR) is 87.3 cm³/mol. The zero-order valence-electron chi connectivity index (χ0n) is 13.4. The molecular formula is C16H22ClF3N2O2. The fraction of sp³-hybridized carbons (Fsp3) is 0.562. The highest BCUT2D eigenvalue weighted by Crippen LogP contribution is 2.20. The first-order valence-electron chi connectivity index (χ1n) is 7.63. The number of benzene rings is 1. The fourth-order valence-corrected chi connectivity index (χ4v) is 2.61. The van der Waals surface area contributed by atoms with E-state index in [1.165, 1.54) is 12.1 Å². The van der Waals surface area contributed by atoms with Crippen LogP contribution in [0.4, 0.5) is 13.2 Å². The Morgan fingerprint density at radius 3 is 2.83 bits per heavy atom. The standard InChI is InChI=1S/C16H21F3N2O2.ClH/c1-11-7-13(5-6-20-11)15(22)21-9-12-3-2-4-14(8-12)23-10-16(17,18)19;/h2-4,8,11,13,20H,5-7,9-10H2,1H3,(H,21,22);1H/t11-,13-;/m0./s1. The molecule has 0 saturated carbocycles. The van der Waals surface area contributed by atoms with E-state index < -0.39 is 12.8 Å². The second kappa shape index (κ2) is 9.13. The van der Waals surface area contributed by atoms with E-state index in [0.717, 1.165) is 19.4 Å². The molecular weight excluding hydrogens is 345 g/mol. The molecule has 0 aliphatic carbocycles. The monoisotopic (exact) mass is 366 g/mol. The molecule has 1 aromatic carbocycles. The molecule has 0 bridgehead atoms. The van der Waals surface area contributed by atoms with Crippen LogP contribution in [0.1, 0.15) is 25.3 Å². The van der Waals surface area contributed by atoms with Crippen molar-refractivity contribution in [3.05, 3.63) is 29.8 Å². The summed E-state index contributed by atoms with van der Waals surface area (Å²) in [5, 5.41) is 6.13. The van der Waals surface area contributed by atoms with Crippen LogP contribution in [0, 0.1) is 5.92 Å². The molecule has 1 aliphatic rings. The van der Waals surface area contributed by atoms with Crippen molar-refractivity contribution in [1.82, 2.24) is 10.6 Å². The average Bonchev–Trinajstić information content (AvgIpc) is 2.50. The number of rotatable bonds is 5. The lowest BCUT2D eigenvalue weighted by Crippen LogP contribution is -2.42. The molecule has 1 aliphatic heterocycles. The number of hydrogen-bond acceptors (Lipinski definition) is 3. The van der Waals surface area contributed by atoms with Crippen molar-refractivity contribution in [2.45, 2.75) is 38.5 Å². The van der Waals surface area contributed by atoms with Crippen LogP contribution in [-0.4, -0.2) is 31.3 Å². The van der Waals surface area contributed by atoms with Crippen LogP contribution in [0.15, 0.2) is 24.3 Å². The van der Waals surface area contributed by atoms with Gasteiger partial charge in [0.15, 0.2) is 6.61 Å². The normalized spacial score (nSPS) is 20.8. The van der Waals surface area contributed by atoms with Crippen molar-refractivity contribution in [1.29, 1.82) is 0 Å². The molecule has 1 heterocycles. The summed E-state index contributed by atoms with van der Waals surface area (Å²) < 4.78 is 41.1. The number of carbonyl (C=O) groups excluding carboxylic acids is 1. The smallest absolute Gasteiger partial charge is 0.422 e. The van der Waals surface area contributed by atoms with E-state index in [-0.39, 0.29) is 36.5 Å². The summed E-state index contributed by atoms with van der Waals surface area (Å²) in [6, 6.07) is 6.65. The second-order valence-electron chi connectivity index (χ2n) is 5.85. The van der Waals surface area contributed by atoms with Crippen molar-refractivity contribution in [2.24, 2.45) is 5.92 Å². The van der Waals surface area contributed by atoms with Crippen LogP contribution < -0.4 is 15.4 Å². The van der Waals surface area contributed by atoms with E-state index in [4.69, 9.17) is 4.74 Å². The zero-order chi connectivity index (χ0) is 16.9. The van der Waals surface area contributed by atoms with Gasteiger partial charge < -0.3 is 15.4 Å². The number of amides is 1. The van der Waals surface area contributed by atoms with Crippen molar-refractivity contribution in [2.75, 3.05) is 13.2 Å². The Kier molecular flexibility index (Phi) is 7.83. The van der Waals surface area contributed by atoms with Crippen LogP contribution in [-0.2, 0) is 11.3 Å². The van der Waals surface area contributed by atoms with Gasteiger partial charge in [0.25, 0.3) is 0 Å². The van der Waals surface area contributed by atoms with Crippen molar-refractivity contribution in [3.8, 4) is 5.75 Å². The SMILES string of the molecule is C[C@H]1C[C@@H](C(=O)NCc2cccc(OCC(F)(F)F)c2)CCN1.Cl. The summed E-state index contributed by atoms with van der Waals surface area (Å²) in [4.78, 5) is 12.1. The third kappa shape index (κ3) is 6.97. The number of ether oxygens (including phenoxy) is 1. The summed E-state index contributed by atoms with van der Waals surface area (Å²) in [5.74, 6) is 0.112. The lowest BCUT2D eigenvalue weighted by atomic mass is 9.92. The molecule has 1 amide bonds. The highest BCUT2D eigenvalue weighted by molar-refractivity contribution is 5.85. The quantitative estimate of drug-likeness (QED) is 0.842. The van der Waals surface area contributed by atoms with Gasteiger partial charge in [0, 0.05) is 18.5 Å². The summed E-state index contributed by atoms with van der Waals surface area (Å²) in [5.41, 5.74) is 0.708. The Balaban J connectivity index is 0.00000288. The molecule has 1 fully saturated rings. The van der Waals surface area contributed by atoms with Crippen LogP contribution in [0.5, 0.6) is 5.75 Å². The van der Waals surface area contributed by atoms with Crippen molar-refractivity contribution < 1.29 is 22.7 Å². The van der Waals surface area contributed by atoms with E-state index in [9.17, 15) is 18.0 Å². The first-order valence-corrected chi connectivity index (χ1v) is 7.63. The van der Waals surface area contributed by atoms with Gasteiger partial charge in [-0.05, 0) is 44.0 Å². The summed E-state index contributed by atoms with van der Waals surface area (Å²) >= 11 is 0. The van der Waals surface area contributed by atoms with Crippen LogP contribution in [0.2, 0.25) is 0 Å². The molecule has 0 unspecified atom stereocenters. The largest absolute Gasteiger partial charge is 0.484 e. The maximum atomic E-state index is 12.1. The molecule has 24 heavy (non-hydrogen) atoms. The molecule has 4 nitrogen and oxygen atoms in total. The molecule has 1 aromatic rings. The number of hydrogen-bond donors (Lipinski definition) is 2. The lowest BCUT2D eigenvalue weighted by Gasteiger charge is -2.27. The first kappa shape index (κ1) is 20.6. The Bertz CT molecular complexity index is 540. The van der Waals surface area contributed by atoms with E-state index in [1.54, 1.807) is 12.1 Å². The number of nitrogens with one attached hydrogen (secondary N) is 2. The van der Waals surface area contributed by atoms with Gasteiger partial charge in [-0.15, -0.1) is 12.4 Å². The van der Waals surface area contributed by atoms with Gasteiger partial charge in [-0.25, -0.2) is 0 Å². The van der Waals surface area contributed by atoms with Gasteiger partial charge in [-0.3, -0.25) is 4.79 Å². The summed E-state index contributed by atoms with van der Waals surface area (Å²) in [6.07, 6.45) is -2.78. The van der Waals surface area contributed by atoms with E-state index >= 15 is 0 Å². The Morgan fingerprint density at radius 2 is 2.17 bits per heavy atom. The topological polar surface area (TPSA) is 50.4 Å². The number of halogens is 4. The van der Waals surface area contributed by atoms with E-state index in [2.05, 4.69) is 10.6 Å². The van der Waals surface area contributed by atoms with Gasteiger partial charge in [0.1, 0.15) is 5.75 Å². The van der Waals surface area contributed by atoms with Crippen LogP contribution in [0.25, 0.3) is 0 Å². The van der Waals surface area contributed by atoms with Gasteiger partial charge in [-0.1, -0.05) is 12.1 Å². The summed E-state index contributed by atoms with van der Waals surface area (Å²) in [6.45, 7) is 1.82. The predicted octanol–water partition coefficient (Wildman–Crippen LogP) is 3.05. The zero-order valence-corrected chi connectivity index (χ0v) is 14.2. The Hall–Kier alpha value is -1.47. The fourth-order valence-electron chi connectivity index (χ4n) is 2.61. The van der Waals surface area contributed by atoms with Crippen molar-refractivity contribution >= 4 is 18.3 Å². The highest BCUT2D eigenvalue weighted by atomic mass is 35.5. The molecule has 0 aromatic heterocycles. The third-order valence-corrected chi connectivity index (χ3v) is 3.76. The first-order chi connectivity index (χ1) is 10.8. The maximum absolute atomic E-state index is 12.1. The minimum Gasteiger partial charge on any atom is -0.484 e. The van der Waals surface area contributed by atoms with E-state index in [0.29, 0.717) is 11.6 Å². The third-order valence-electron chi connectivity index (χ3n) is 3.76. The van der Waals surface area contributed by atoms with Crippen LogP contribution >= 0.6 is 12.4 Å². The maximum Gasteiger partial charge on any atom is 0.422 e. The van der Waals surface area contributed by atoms with Gasteiger partial charge >= 0.3 is 6.18 Å². The molecule has 2 N–H and O–H groups in total. The minimum absolute atomic E-state index is 0. The minimum atomic E-state index is -4.37. The molecule has 2 rings (SSSR count). The van der Waals surface area contributed by atoms with Gasteiger partial charge in [-0.2, -0.15) is 13.2 Å². The molecule has 8 heteroatoms. The molecule has 2 atom stereocenters. The number of carbonyl (C=O) groups is 1. The average molecular weight is 367 g/mol. The second-order valence-corrected chi connectivity index (χ2v) is 5.85. The van der Waals surface area contributed by atoms with E-state index in [1.807, 2.05) is 6.92 Å².